The molecule has 1 rings (SSSR count). The number of hydrogen-bond acceptors (Lipinski definition) is 4. The second-order valence-corrected chi connectivity index (χ2v) is 2.62. The van der Waals surface area contributed by atoms with Crippen molar-refractivity contribution in [3.8, 4) is 0 Å². The van der Waals surface area contributed by atoms with Gasteiger partial charge in [0.1, 0.15) is 11.8 Å². The Kier molecular flexibility index (Phi) is 3.30. The number of alkyl halides is 3. The van der Waals surface area contributed by atoms with Crippen molar-refractivity contribution < 1.29 is 22.5 Å². The Balaban J connectivity index is 2.86. The van der Waals surface area contributed by atoms with Crippen LogP contribution in [0.5, 0.6) is 0 Å². The first kappa shape index (κ1) is 11.5. The Morgan fingerprint density at radius 2 is 2.27 bits per heavy atom. The molecule has 0 aliphatic rings. The molecular formula is C7H8F3N3O2. The van der Waals surface area contributed by atoms with E-state index in [1.807, 2.05) is 0 Å². The number of aromatic nitrogens is 1. The third-order valence-electron chi connectivity index (χ3n) is 1.51. The average Bonchev–Trinajstić information content (AvgIpc) is 2.61. The maximum atomic E-state index is 12.2. The van der Waals surface area contributed by atoms with E-state index >= 15 is 0 Å². The molecule has 3 N–H and O–H groups in total. The van der Waals surface area contributed by atoms with Crippen molar-refractivity contribution in [3.63, 3.8) is 0 Å². The van der Waals surface area contributed by atoms with Crippen LogP contribution in [0.25, 0.3) is 0 Å². The molecule has 1 amide bonds. The van der Waals surface area contributed by atoms with Gasteiger partial charge in [0.05, 0.1) is 0 Å². The molecule has 8 heteroatoms. The van der Waals surface area contributed by atoms with Crippen molar-refractivity contribution in [1.29, 1.82) is 0 Å². The van der Waals surface area contributed by atoms with Crippen LogP contribution in [-0.4, -0.2) is 24.2 Å². The number of halogens is 3. The molecule has 0 radical (unpaired) electrons. The largest absolute Gasteiger partial charge is 0.437 e. The van der Waals surface area contributed by atoms with E-state index in [0.717, 1.165) is 0 Å². The van der Waals surface area contributed by atoms with Gasteiger partial charge in [-0.15, -0.1) is 0 Å². The van der Waals surface area contributed by atoms with Gasteiger partial charge in [-0.2, -0.15) is 13.2 Å². The molecule has 0 aliphatic carbocycles. The SMILES string of the molecule is NCCNC(=O)c1conc1C(F)(F)F. The quantitative estimate of drug-likeness (QED) is 0.776. The first-order valence-corrected chi connectivity index (χ1v) is 3.96. The van der Waals surface area contributed by atoms with Crippen LogP contribution in [0.3, 0.4) is 0 Å². The molecule has 1 heterocycles. The summed E-state index contributed by atoms with van der Waals surface area (Å²) in [5.41, 5.74) is 3.10. The number of carbonyl (C=O) groups excluding carboxylic acids is 1. The topological polar surface area (TPSA) is 81.1 Å². The van der Waals surface area contributed by atoms with Crippen LogP contribution >= 0.6 is 0 Å². The zero-order valence-electron chi connectivity index (χ0n) is 7.47. The van der Waals surface area contributed by atoms with Gasteiger partial charge in [0, 0.05) is 13.1 Å². The van der Waals surface area contributed by atoms with E-state index in [9.17, 15) is 18.0 Å². The van der Waals surface area contributed by atoms with Crippen LogP contribution in [0.2, 0.25) is 0 Å². The fourth-order valence-electron chi connectivity index (χ4n) is 0.883. The van der Waals surface area contributed by atoms with E-state index in [1.165, 1.54) is 0 Å². The minimum absolute atomic E-state index is 0.0846. The summed E-state index contributed by atoms with van der Waals surface area (Å²) in [7, 11) is 0. The van der Waals surface area contributed by atoms with Crippen molar-refractivity contribution in [2.24, 2.45) is 5.73 Å². The summed E-state index contributed by atoms with van der Waals surface area (Å²) in [5.74, 6) is -0.908. The molecule has 0 saturated carbocycles. The summed E-state index contributed by atoms with van der Waals surface area (Å²) in [5, 5.41) is 4.91. The minimum atomic E-state index is -4.71. The fourth-order valence-corrected chi connectivity index (χ4v) is 0.883. The third kappa shape index (κ3) is 2.69. The van der Waals surface area contributed by atoms with E-state index < -0.39 is 23.3 Å². The predicted molar refractivity (Wildman–Crippen MR) is 42.9 cm³/mol. The fraction of sp³-hybridized carbons (Fsp3) is 0.429. The smallest absolute Gasteiger partial charge is 0.363 e. The summed E-state index contributed by atoms with van der Waals surface area (Å²) in [6.45, 7) is 0.222. The van der Waals surface area contributed by atoms with Gasteiger partial charge in [-0.3, -0.25) is 4.79 Å². The Labute approximate surface area is 82.4 Å². The van der Waals surface area contributed by atoms with Gasteiger partial charge in [-0.1, -0.05) is 5.16 Å². The molecule has 1 aromatic rings. The van der Waals surface area contributed by atoms with Crippen LogP contribution < -0.4 is 11.1 Å². The number of nitrogens with two attached hydrogens (primary N) is 1. The number of amides is 1. The zero-order valence-corrected chi connectivity index (χ0v) is 7.47. The second kappa shape index (κ2) is 4.30. The van der Waals surface area contributed by atoms with Gasteiger partial charge < -0.3 is 15.6 Å². The van der Waals surface area contributed by atoms with E-state index in [0.29, 0.717) is 6.26 Å². The third-order valence-corrected chi connectivity index (χ3v) is 1.51. The van der Waals surface area contributed by atoms with Gasteiger partial charge >= 0.3 is 6.18 Å². The number of carbonyl (C=O) groups is 1. The van der Waals surface area contributed by atoms with Gasteiger partial charge in [0.25, 0.3) is 5.91 Å². The maximum Gasteiger partial charge on any atom is 0.437 e. The number of nitrogens with one attached hydrogen (secondary N) is 1. The lowest BCUT2D eigenvalue weighted by molar-refractivity contribution is -0.143. The van der Waals surface area contributed by atoms with Crippen LogP contribution in [0, 0.1) is 0 Å². The van der Waals surface area contributed by atoms with Crippen LogP contribution in [0.4, 0.5) is 13.2 Å². The summed E-state index contributed by atoms with van der Waals surface area (Å²) in [6, 6.07) is 0. The average molecular weight is 223 g/mol. The molecule has 5 nitrogen and oxygen atoms in total. The molecule has 0 saturated heterocycles. The highest BCUT2D eigenvalue weighted by molar-refractivity contribution is 5.95. The summed E-state index contributed by atoms with van der Waals surface area (Å²) in [6.07, 6.45) is -4.06. The maximum absolute atomic E-state index is 12.2. The van der Waals surface area contributed by atoms with Crippen molar-refractivity contribution in [2.45, 2.75) is 6.18 Å². The van der Waals surface area contributed by atoms with Crippen LogP contribution in [0.1, 0.15) is 16.1 Å². The number of rotatable bonds is 3. The molecule has 0 unspecified atom stereocenters. The highest BCUT2D eigenvalue weighted by Gasteiger charge is 2.39. The van der Waals surface area contributed by atoms with E-state index in [2.05, 4.69) is 15.0 Å². The van der Waals surface area contributed by atoms with Gasteiger partial charge in [-0.05, 0) is 0 Å². The van der Waals surface area contributed by atoms with Gasteiger partial charge in [0.15, 0.2) is 5.69 Å². The van der Waals surface area contributed by atoms with E-state index in [1.54, 1.807) is 0 Å². The molecule has 0 spiro atoms. The Morgan fingerprint density at radius 1 is 1.60 bits per heavy atom. The molecule has 84 valence electrons. The highest BCUT2D eigenvalue weighted by atomic mass is 19.4. The monoisotopic (exact) mass is 223 g/mol. The van der Waals surface area contributed by atoms with Crippen molar-refractivity contribution >= 4 is 5.91 Å². The molecule has 0 atom stereocenters. The lowest BCUT2D eigenvalue weighted by Crippen LogP contribution is -2.30. The Hall–Kier alpha value is -1.57. The minimum Gasteiger partial charge on any atom is -0.363 e. The summed E-state index contributed by atoms with van der Waals surface area (Å²) >= 11 is 0. The lowest BCUT2D eigenvalue weighted by Gasteiger charge is -2.04. The Bertz CT molecular complexity index is 347. The zero-order chi connectivity index (χ0) is 11.5. The summed E-state index contributed by atoms with van der Waals surface area (Å²) in [4.78, 5) is 11.2. The van der Waals surface area contributed by atoms with Crippen molar-refractivity contribution in [1.82, 2.24) is 10.5 Å². The summed E-state index contributed by atoms with van der Waals surface area (Å²) < 4.78 is 40.8. The first-order chi connectivity index (χ1) is 6.96. The van der Waals surface area contributed by atoms with Crippen LogP contribution in [-0.2, 0) is 6.18 Å². The predicted octanol–water partition coefficient (Wildman–Crippen LogP) is 0.382. The standard InChI is InChI=1S/C7H8F3N3O2/c8-7(9,10)5-4(3-15-13-5)6(14)12-2-1-11/h3H,1-2,11H2,(H,12,14). The molecule has 1 aromatic heterocycles. The molecular weight excluding hydrogens is 215 g/mol. The molecule has 0 aromatic carbocycles. The molecule has 0 bridgehead atoms. The lowest BCUT2D eigenvalue weighted by atomic mass is 10.2. The normalized spacial score (nSPS) is 11.5. The molecule has 0 fully saturated rings. The van der Waals surface area contributed by atoms with E-state index in [-0.39, 0.29) is 13.1 Å². The van der Waals surface area contributed by atoms with Crippen molar-refractivity contribution in [3.05, 3.63) is 17.5 Å². The van der Waals surface area contributed by atoms with Crippen molar-refractivity contribution in [2.75, 3.05) is 13.1 Å². The first-order valence-electron chi connectivity index (χ1n) is 3.96. The second-order valence-electron chi connectivity index (χ2n) is 2.62. The van der Waals surface area contributed by atoms with Gasteiger partial charge in [0.2, 0.25) is 0 Å². The number of nitrogens with zero attached hydrogens (tertiary/aromatic N) is 1. The molecule has 0 aliphatic heterocycles. The Morgan fingerprint density at radius 3 is 2.80 bits per heavy atom. The van der Waals surface area contributed by atoms with Gasteiger partial charge in [-0.25, -0.2) is 0 Å². The molecule has 15 heavy (non-hydrogen) atoms. The highest BCUT2D eigenvalue weighted by Crippen LogP contribution is 2.30. The number of hydrogen-bond donors (Lipinski definition) is 2. The van der Waals surface area contributed by atoms with Crippen LogP contribution in [0.15, 0.2) is 10.8 Å². The van der Waals surface area contributed by atoms with E-state index in [4.69, 9.17) is 5.73 Å².